The zero-order chi connectivity index (χ0) is 23.1. The maximum Gasteiger partial charge on any atom is 0.231 e. The Labute approximate surface area is 203 Å². The Morgan fingerprint density at radius 1 is 1.03 bits per heavy atom. The van der Waals surface area contributed by atoms with Crippen molar-refractivity contribution >= 4 is 23.8 Å². The number of nitrogens with zero attached hydrogens (tertiary/aromatic N) is 4. The molecule has 176 valence electrons. The molecule has 1 N–H and O–H groups in total. The number of para-hydroxylation sites is 1. The van der Waals surface area contributed by atoms with Gasteiger partial charge in [0, 0.05) is 42.4 Å². The molecule has 2 fully saturated rings. The molecule has 3 aromatic rings. The van der Waals surface area contributed by atoms with Crippen LogP contribution in [0, 0.1) is 10.7 Å². The number of rotatable bonds is 6. The first-order chi connectivity index (χ1) is 16.7. The van der Waals surface area contributed by atoms with Gasteiger partial charge in [0.15, 0.2) is 11.5 Å². The zero-order valence-electron chi connectivity index (χ0n) is 18.9. The first kappa shape index (κ1) is 21.4. The quantitative estimate of drug-likeness (QED) is 0.533. The van der Waals surface area contributed by atoms with E-state index in [1.54, 1.807) is 0 Å². The molecule has 0 atom stereocenters. The van der Waals surface area contributed by atoms with E-state index < -0.39 is 0 Å². The molecule has 3 heterocycles. The van der Waals surface area contributed by atoms with E-state index in [4.69, 9.17) is 26.8 Å². The molecule has 1 saturated carbocycles. The van der Waals surface area contributed by atoms with Crippen molar-refractivity contribution in [1.29, 1.82) is 0 Å². The Balaban J connectivity index is 1.09. The van der Waals surface area contributed by atoms with Crippen LogP contribution in [0.2, 0.25) is 0 Å². The molecule has 0 spiro atoms. The number of likely N-dealkylation sites (tertiary alicyclic amines) is 1. The van der Waals surface area contributed by atoms with Crippen LogP contribution in [0.5, 0.6) is 11.5 Å². The first-order valence-electron chi connectivity index (χ1n) is 11.8. The largest absolute Gasteiger partial charge is 0.454 e. The smallest absolute Gasteiger partial charge is 0.231 e. The van der Waals surface area contributed by atoms with E-state index in [-0.39, 0.29) is 18.6 Å². The summed E-state index contributed by atoms with van der Waals surface area (Å²) in [5.41, 5.74) is 1.81. The number of carbonyl (C=O) groups is 1. The van der Waals surface area contributed by atoms with E-state index in [1.807, 2.05) is 41.1 Å². The maximum absolute atomic E-state index is 12.8. The SMILES string of the molecule is O=C(Nc1ccc2c(c1)OCO2)C1CCN(Cn2nc(C3CC3)n(-c3ccccc3)c2=S)CC1. The number of amides is 1. The van der Waals surface area contributed by atoms with Crippen molar-refractivity contribution in [3.8, 4) is 17.2 Å². The van der Waals surface area contributed by atoms with Crippen molar-refractivity contribution in [3.63, 3.8) is 0 Å². The van der Waals surface area contributed by atoms with Crippen LogP contribution in [-0.2, 0) is 11.5 Å². The molecule has 6 rings (SSSR count). The lowest BCUT2D eigenvalue weighted by molar-refractivity contribution is -0.121. The number of hydrogen-bond donors (Lipinski definition) is 1. The summed E-state index contributed by atoms with van der Waals surface area (Å²) < 4.78 is 15.5. The number of fused-ring (bicyclic) bond motifs is 1. The van der Waals surface area contributed by atoms with E-state index in [9.17, 15) is 4.79 Å². The maximum atomic E-state index is 12.8. The Bertz CT molecular complexity index is 1260. The number of aromatic nitrogens is 3. The highest BCUT2D eigenvalue weighted by molar-refractivity contribution is 7.71. The van der Waals surface area contributed by atoms with Crippen LogP contribution in [0.1, 0.15) is 37.4 Å². The lowest BCUT2D eigenvalue weighted by atomic mass is 9.96. The molecule has 1 amide bonds. The van der Waals surface area contributed by atoms with Gasteiger partial charge in [-0.3, -0.25) is 14.3 Å². The second-order valence-electron chi connectivity index (χ2n) is 9.18. The van der Waals surface area contributed by atoms with Crippen molar-refractivity contribution < 1.29 is 14.3 Å². The van der Waals surface area contributed by atoms with Gasteiger partial charge in [-0.15, -0.1) is 0 Å². The first-order valence-corrected chi connectivity index (χ1v) is 12.2. The summed E-state index contributed by atoms with van der Waals surface area (Å²) in [5.74, 6) is 2.98. The zero-order valence-corrected chi connectivity index (χ0v) is 19.7. The third-order valence-electron chi connectivity index (χ3n) is 6.75. The van der Waals surface area contributed by atoms with Crippen molar-refractivity contribution in [2.45, 2.75) is 38.3 Å². The normalized spacial score (nSPS) is 18.2. The molecule has 0 unspecified atom stereocenters. The van der Waals surface area contributed by atoms with E-state index in [1.165, 1.54) is 12.8 Å². The second kappa shape index (κ2) is 8.88. The molecule has 9 heteroatoms. The number of hydrogen-bond acceptors (Lipinski definition) is 6. The van der Waals surface area contributed by atoms with Gasteiger partial charge in [-0.25, -0.2) is 4.68 Å². The highest BCUT2D eigenvalue weighted by Gasteiger charge is 2.31. The van der Waals surface area contributed by atoms with E-state index in [0.717, 1.165) is 47.9 Å². The van der Waals surface area contributed by atoms with Crippen molar-refractivity contribution in [1.82, 2.24) is 19.2 Å². The summed E-state index contributed by atoms with van der Waals surface area (Å²) in [6.45, 7) is 2.53. The van der Waals surface area contributed by atoms with Crippen molar-refractivity contribution in [2.75, 3.05) is 25.2 Å². The Kier molecular flexibility index (Phi) is 5.58. The fourth-order valence-corrected chi connectivity index (χ4v) is 4.98. The molecule has 8 nitrogen and oxygen atoms in total. The molecule has 0 radical (unpaired) electrons. The number of anilines is 1. The van der Waals surface area contributed by atoms with Crippen LogP contribution in [-0.4, -0.2) is 45.0 Å². The van der Waals surface area contributed by atoms with Crippen molar-refractivity contribution in [2.24, 2.45) is 5.92 Å². The van der Waals surface area contributed by atoms with Gasteiger partial charge in [-0.1, -0.05) is 18.2 Å². The summed E-state index contributed by atoms with van der Waals surface area (Å²) in [7, 11) is 0. The van der Waals surface area contributed by atoms with Gasteiger partial charge < -0.3 is 14.8 Å². The Morgan fingerprint density at radius 2 is 1.79 bits per heavy atom. The molecule has 1 aromatic heterocycles. The monoisotopic (exact) mass is 477 g/mol. The Hall–Kier alpha value is -3.17. The van der Waals surface area contributed by atoms with Crippen LogP contribution < -0.4 is 14.8 Å². The number of ether oxygens (including phenoxy) is 2. The highest BCUT2D eigenvalue weighted by atomic mass is 32.1. The van der Waals surface area contributed by atoms with Gasteiger partial charge in [0.1, 0.15) is 5.82 Å². The highest BCUT2D eigenvalue weighted by Crippen LogP contribution is 2.40. The number of nitrogens with one attached hydrogen (secondary N) is 1. The molecule has 1 saturated heterocycles. The van der Waals surface area contributed by atoms with E-state index in [0.29, 0.717) is 24.1 Å². The van der Waals surface area contributed by atoms with Crippen LogP contribution in [0.15, 0.2) is 48.5 Å². The third kappa shape index (κ3) is 4.21. The van der Waals surface area contributed by atoms with E-state index in [2.05, 4.69) is 26.9 Å². The average molecular weight is 478 g/mol. The second-order valence-corrected chi connectivity index (χ2v) is 9.54. The van der Waals surface area contributed by atoms with Gasteiger partial charge in [0.2, 0.25) is 17.5 Å². The van der Waals surface area contributed by atoms with Crippen molar-refractivity contribution in [3.05, 3.63) is 59.1 Å². The molecular formula is C25H27N5O3S. The van der Waals surface area contributed by atoms with Gasteiger partial charge >= 0.3 is 0 Å². The van der Waals surface area contributed by atoms with Gasteiger partial charge in [-0.05, 0) is 62.2 Å². The molecule has 2 aliphatic heterocycles. The predicted octanol–water partition coefficient (Wildman–Crippen LogP) is 4.32. The molecule has 0 bridgehead atoms. The fourth-order valence-electron chi connectivity index (χ4n) is 4.69. The summed E-state index contributed by atoms with van der Waals surface area (Å²) in [4.78, 5) is 15.2. The molecule has 34 heavy (non-hydrogen) atoms. The number of carbonyl (C=O) groups excluding carboxylic acids is 1. The lowest BCUT2D eigenvalue weighted by Crippen LogP contribution is -2.39. The lowest BCUT2D eigenvalue weighted by Gasteiger charge is -2.30. The molecule has 1 aliphatic carbocycles. The summed E-state index contributed by atoms with van der Waals surface area (Å²) in [6.07, 6.45) is 3.95. The fraction of sp³-hybridized carbons (Fsp3) is 0.400. The topological polar surface area (TPSA) is 73.6 Å². The molecule has 3 aliphatic rings. The average Bonchev–Trinajstić information content (AvgIpc) is 3.52. The molecule has 2 aromatic carbocycles. The minimum atomic E-state index is -0.0152. The van der Waals surface area contributed by atoms with Crippen LogP contribution >= 0.6 is 12.2 Å². The standard InChI is InChI=1S/C25H27N5O3S/c31-24(26-19-8-9-21-22(14-19)33-16-32-21)18-10-12-28(13-11-18)15-29-25(34)30(20-4-2-1-3-5-20)23(27-29)17-6-7-17/h1-5,8-9,14,17-18H,6-7,10-13,15-16H2,(H,26,31). The van der Waals surface area contributed by atoms with E-state index >= 15 is 0 Å². The molecular weight excluding hydrogens is 450 g/mol. The van der Waals surface area contributed by atoms with Gasteiger partial charge in [0.05, 0.1) is 6.67 Å². The van der Waals surface area contributed by atoms with Gasteiger partial charge in [0.25, 0.3) is 0 Å². The minimum absolute atomic E-state index is 0.0152. The minimum Gasteiger partial charge on any atom is -0.454 e. The third-order valence-corrected chi connectivity index (χ3v) is 7.15. The summed E-state index contributed by atoms with van der Waals surface area (Å²) >= 11 is 5.84. The summed E-state index contributed by atoms with van der Waals surface area (Å²) in [5, 5.41) is 7.95. The van der Waals surface area contributed by atoms with Crippen LogP contribution in [0.25, 0.3) is 5.69 Å². The number of piperidine rings is 1. The summed E-state index contributed by atoms with van der Waals surface area (Å²) in [6, 6.07) is 15.7. The van der Waals surface area contributed by atoms with Gasteiger partial charge in [-0.2, -0.15) is 5.10 Å². The van der Waals surface area contributed by atoms with Crippen LogP contribution in [0.4, 0.5) is 5.69 Å². The number of benzene rings is 2. The Morgan fingerprint density at radius 3 is 2.56 bits per heavy atom. The van der Waals surface area contributed by atoms with Crippen LogP contribution in [0.3, 0.4) is 0 Å². The predicted molar refractivity (Wildman–Crippen MR) is 130 cm³/mol.